The second kappa shape index (κ2) is 8.13. The van der Waals surface area contributed by atoms with Crippen LogP contribution in [0.2, 0.25) is 0 Å². The molecule has 2 aromatic carbocycles. The molecular weight excluding hydrogens is 382 g/mol. The van der Waals surface area contributed by atoms with E-state index in [1.165, 1.54) is 24.3 Å². The summed E-state index contributed by atoms with van der Waals surface area (Å²) in [7, 11) is -3.96. The Morgan fingerprint density at radius 1 is 1.11 bits per heavy atom. The number of hydrogen-bond donors (Lipinski definition) is 1. The first-order valence-corrected chi connectivity index (χ1v) is 9.78. The van der Waals surface area contributed by atoms with Gasteiger partial charge in [-0.3, -0.25) is 4.79 Å². The molecule has 3 rings (SSSR count). The van der Waals surface area contributed by atoms with Crippen molar-refractivity contribution in [3.63, 3.8) is 0 Å². The van der Waals surface area contributed by atoms with Crippen LogP contribution in [-0.4, -0.2) is 26.1 Å². The molecule has 0 atom stereocenters. The second-order valence-electron chi connectivity index (χ2n) is 5.94. The third-order valence-corrected chi connectivity index (χ3v) is 5.16. The van der Waals surface area contributed by atoms with E-state index >= 15 is 0 Å². The van der Waals surface area contributed by atoms with Gasteiger partial charge in [-0.25, -0.2) is 8.42 Å². The highest BCUT2D eigenvalue weighted by atomic mass is 32.2. The van der Waals surface area contributed by atoms with Gasteiger partial charge in [-0.2, -0.15) is 0 Å². The van der Waals surface area contributed by atoms with Gasteiger partial charge in [-0.15, -0.1) is 0 Å². The number of para-hydroxylation sites is 1. The van der Waals surface area contributed by atoms with Crippen molar-refractivity contribution in [3.05, 3.63) is 70.6 Å². The third-order valence-electron chi connectivity index (χ3n) is 3.88. The van der Waals surface area contributed by atoms with Gasteiger partial charge in [0.05, 0.1) is 16.5 Å². The Bertz CT molecular complexity index is 1060. The molecule has 1 N–H and O–H groups in total. The van der Waals surface area contributed by atoms with Crippen molar-refractivity contribution in [1.29, 1.82) is 0 Å². The van der Waals surface area contributed by atoms with Gasteiger partial charge in [-0.05, 0) is 55.8 Å². The zero-order valence-electron chi connectivity index (χ0n) is 15.2. The molecule has 3 aromatic rings. The van der Waals surface area contributed by atoms with E-state index in [1.807, 2.05) is 6.07 Å². The Hall–Kier alpha value is -3.33. The number of aryl methyl sites for hydroxylation is 1. The van der Waals surface area contributed by atoms with Crippen LogP contribution in [0.1, 0.15) is 11.3 Å². The maximum atomic E-state index is 12.4. The maximum Gasteiger partial charge on any atom is 0.262 e. The quantitative estimate of drug-likeness (QED) is 0.647. The standard InChI is InChI=1S/C19H19N3O5S/c1-13-14(2)21-27-19(13)22-28(24,25)17-10-8-15(9-11-17)20-18(23)12-26-16-6-4-3-5-7-16/h3-11H,12H2,1-2H3,(H2,20,21,22,23)/p-1. The Labute approximate surface area is 162 Å². The van der Waals surface area contributed by atoms with Crippen molar-refractivity contribution in [2.24, 2.45) is 0 Å². The molecule has 0 aliphatic carbocycles. The lowest BCUT2D eigenvalue weighted by molar-refractivity contribution is -0.118. The number of nitrogens with one attached hydrogen (secondary N) is 1. The molecule has 0 aliphatic rings. The zero-order chi connectivity index (χ0) is 20.1. The summed E-state index contributed by atoms with van der Waals surface area (Å²) in [5.41, 5.74) is 1.57. The molecule has 0 spiro atoms. The van der Waals surface area contributed by atoms with Crippen LogP contribution in [0.25, 0.3) is 4.72 Å². The summed E-state index contributed by atoms with van der Waals surface area (Å²) in [5.74, 6) is 0.170. The molecule has 8 nitrogen and oxygen atoms in total. The van der Waals surface area contributed by atoms with E-state index in [4.69, 9.17) is 9.26 Å². The number of sulfonamides is 1. The summed E-state index contributed by atoms with van der Waals surface area (Å²) in [5, 5.41) is 6.32. The van der Waals surface area contributed by atoms with Crippen LogP contribution >= 0.6 is 0 Å². The number of nitrogens with zero attached hydrogens (tertiary/aromatic N) is 2. The van der Waals surface area contributed by atoms with Crippen molar-refractivity contribution in [2.75, 3.05) is 11.9 Å². The van der Waals surface area contributed by atoms with Gasteiger partial charge in [0.1, 0.15) is 15.8 Å². The Morgan fingerprint density at radius 2 is 1.79 bits per heavy atom. The molecule has 0 saturated heterocycles. The fourth-order valence-electron chi connectivity index (χ4n) is 2.22. The van der Waals surface area contributed by atoms with Crippen molar-refractivity contribution in [1.82, 2.24) is 5.16 Å². The summed E-state index contributed by atoms with van der Waals surface area (Å²) >= 11 is 0. The molecule has 0 fully saturated rings. The number of aromatic nitrogens is 1. The SMILES string of the molecule is Cc1noc([N-]S(=O)(=O)c2ccc(NC(=O)COc3ccccc3)cc2)c1C. The van der Waals surface area contributed by atoms with Crippen LogP contribution in [0.3, 0.4) is 0 Å². The maximum absolute atomic E-state index is 12.4. The Balaban J connectivity index is 1.61. The summed E-state index contributed by atoms with van der Waals surface area (Å²) < 4.78 is 38.7. The summed E-state index contributed by atoms with van der Waals surface area (Å²) in [4.78, 5) is 11.9. The van der Waals surface area contributed by atoms with Gasteiger partial charge >= 0.3 is 0 Å². The predicted molar refractivity (Wildman–Crippen MR) is 103 cm³/mol. The number of ether oxygens (including phenoxy) is 1. The molecule has 1 aromatic heterocycles. The van der Waals surface area contributed by atoms with Crippen LogP contribution in [0.4, 0.5) is 11.6 Å². The molecule has 28 heavy (non-hydrogen) atoms. The highest BCUT2D eigenvalue weighted by Crippen LogP contribution is 2.32. The molecule has 0 radical (unpaired) electrons. The fourth-order valence-corrected chi connectivity index (χ4v) is 3.20. The van der Waals surface area contributed by atoms with Crippen LogP contribution in [-0.2, 0) is 14.8 Å². The van der Waals surface area contributed by atoms with Crippen molar-refractivity contribution >= 4 is 27.5 Å². The number of benzene rings is 2. The molecular formula is C19H18N3O5S-. The number of carbonyl (C=O) groups excluding carboxylic acids is 1. The molecule has 146 valence electrons. The predicted octanol–water partition coefficient (Wildman–Crippen LogP) is 3.70. The lowest BCUT2D eigenvalue weighted by Crippen LogP contribution is -2.20. The highest BCUT2D eigenvalue weighted by Gasteiger charge is 2.10. The number of hydrogen-bond acceptors (Lipinski definition) is 6. The van der Waals surface area contributed by atoms with Crippen LogP contribution < -0.4 is 10.1 Å². The van der Waals surface area contributed by atoms with Gasteiger partial charge in [0.25, 0.3) is 5.91 Å². The number of amides is 1. The number of carbonyl (C=O) groups is 1. The van der Waals surface area contributed by atoms with Crippen molar-refractivity contribution in [2.45, 2.75) is 18.7 Å². The van der Waals surface area contributed by atoms with Crippen LogP contribution in [0.5, 0.6) is 5.75 Å². The van der Waals surface area contributed by atoms with Gasteiger partial charge < -0.3 is 19.3 Å². The first-order chi connectivity index (χ1) is 13.3. The summed E-state index contributed by atoms with van der Waals surface area (Å²) in [6, 6.07) is 14.6. The first kappa shape index (κ1) is 19.4. The first-order valence-electron chi connectivity index (χ1n) is 8.34. The van der Waals surface area contributed by atoms with Gasteiger partial charge in [0.2, 0.25) is 0 Å². The molecule has 9 heteroatoms. The van der Waals surface area contributed by atoms with Crippen molar-refractivity contribution < 1.29 is 22.5 Å². The minimum absolute atomic E-state index is 0.0283. The topological polar surface area (TPSA) is 113 Å². The monoisotopic (exact) mass is 400 g/mol. The van der Waals surface area contributed by atoms with Crippen LogP contribution in [0.15, 0.2) is 64.0 Å². The smallest absolute Gasteiger partial charge is 0.262 e. The summed E-state index contributed by atoms with van der Waals surface area (Å²) in [6.07, 6.45) is 0. The minimum atomic E-state index is -3.96. The van der Waals surface area contributed by atoms with E-state index < -0.39 is 10.0 Å². The average Bonchev–Trinajstić information content (AvgIpc) is 2.99. The van der Waals surface area contributed by atoms with E-state index in [0.717, 1.165) is 0 Å². The minimum Gasteiger partial charge on any atom is -0.539 e. The lowest BCUT2D eigenvalue weighted by atomic mass is 10.3. The van der Waals surface area contributed by atoms with E-state index in [2.05, 4.69) is 15.2 Å². The number of anilines is 1. The van der Waals surface area contributed by atoms with Crippen molar-refractivity contribution in [3.8, 4) is 5.75 Å². The third kappa shape index (κ3) is 4.68. The average molecular weight is 400 g/mol. The van der Waals surface area contributed by atoms with E-state index in [0.29, 0.717) is 22.7 Å². The van der Waals surface area contributed by atoms with E-state index in [9.17, 15) is 13.2 Å². The molecule has 0 aliphatic heterocycles. The van der Waals surface area contributed by atoms with E-state index in [1.54, 1.807) is 38.1 Å². The fraction of sp³-hybridized carbons (Fsp3) is 0.158. The lowest BCUT2D eigenvalue weighted by Gasteiger charge is -2.19. The Morgan fingerprint density at radius 3 is 2.39 bits per heavy atom. The second-order valence-corrected chi connectivity index (χ2v) is 7.54. The Kier molecular flexibility index (Phi) is 5.65. The van der Waals surface area contributed by atoms with E-state index in [-0.39, 0.29) is 23.3 Å². The summed E-state index contributed by atoms with van der Waals surface area (Å²) in [6.45, 7) is 3.21. The molecule has 0 bridgehead atoms. The highest BCUT2D eigenvalue weighted by molar-refractivity contribution is 7.94. The van der Waals surface area contributed by atoms with Gasteiger partial charge in [-0.1, -0.05) is 23.4 Å². The van der Waals surface area contributed by atoms with Gasteiger partial charge in [0, 0.05) is 5.69 Å². The number of rotatable bonds is 7. The molecule has 1 amide bonds. The molecule has 0 saturated carbocycles. The van der Waals surface area contributed by atoms with Gasteiger partial charge in [0.15, 0.2) is 6.61 Å². The van der Waals surface area contributed by atoms with Crippen LogP contribution in [0, 0.1) is 13.8 Å². The molecule has 0 unspecified atom stereocenters. The zero-order valence-corrected chi connectivity index (χ0v) is 16.1. The normalized spacial score (nSPS) is 11.1. The largest absolute Gasteiger partial charge is 0.539 e. The molecule has 1 heterocycles.